The quantitative estimate of drug-likeness (QED) is 0.718. The van der Waals surface area contributed by atoms with E-state index in [4.69, 9.17) is 4.74 Å². The van der Waals surface area contributed by atoms with Crippen molar-refractivity contribution < 1.29 is 4.74 Å². The van der Waals surface area contributed by atoms with Gasteiger partial charge in [-0.25, -0.2) is 0 Å². The zero-order chi connectivity index (χ0) is 12.1. The van der Waals surface area contributed by atoms with Crippen molar-refractivity contribution in [3.8, 4) is 0 Å². The van der Waals surface area contributed by atoms with Crippen molar-refractivity contribution >= 4 is 0 Å². The molecule has 1 aliphatic carbocycles. The van der Waals surface area contributed by atoms with Crippen LogP contribution >= 0.6 is 0 Å². The fraction of sp³-hybridized carbons (Fsp3) is 0.600. The largest absolute Gasteiger partial charge is 0.383 e. The first-order chi connectivity index (χ1) is 8.29. The van der Waals surface area contributed by atoms with E-state index in [0.29, 0.717) is 0 Å². The Labute approximate surface area is 105 Å². The Hall–Kier alpha value is -0.860. The highest BCUT2D eigenvalue weighted by atomic mass is 16.5. The highest BCUT2D eigenvalue weighted by Gasteiger charge is 2.33. The molecule has 0 N–H and O–H groups in total. The molecule has 2 rings (SSSR count). The normalized spacial score (nSPS) is 23.0. The molecule has 1 aromatic carbocycles. The molecule has 0 bridgehead atoms. The van der Waals surface area contributed by atoms with E-state index in [1.807, 2.05) is 0 Å². The number of methoxy groups -OCH3 is 1. The summed E-state index contributed by atoms with van der Waals surface area (Å²) in [6, 6.07) is 10.7. The summed E-state index contributed by atoms with van der Waals surface area (Å²) in [4.78, 5) is 2.52. The number of nitrogens with zero attached hydrogens (tertiary/aromatic N) is 1. The monoisotopic (exact) mass is 233 g/mol. The Morgan fingerprint density at radius 1 is 1.29 bits per heavy atom. The van der Waals surface area contributed by atoms with Gasteiger partial charge in [-0.15, -0.1) is 0 Å². The third-order valence-electron chi connectivity index (χ3n) is 3.63. The Bertz CT molecular complexity index is 325. The third kappa shape index (κ3) is 4.14. The molecule has 94 valence electrons. The molecule has 1 saturated carbocycles. The van der Waals surface area contributed by atoms with E-state index in [1.54, 1.807) is 7.11 Å². The molecular formula is C15H23NO. The van der Waals surface area contributed by atoms with E-state index in [9.17, 15) is 0 Å². The van der Waals surface area contributed by atoms with E-state index in [1.165, 1.54) is 18.5 Å². The van der Waals surface area contributed by atoms with Gasteiger partial charge in [0.05, 0.1) is 6.61 Å². The number of hydrogen-bond donors (Lipinski definition) is 0. The molecule has 1 fully saturated rings. The zero-order valence-electron chi connectivity index (χ0n) is 10.9. The van der Waals surface area contributed by atoms with Gasteiger partial charge in [0, 0.05) is 26.7 Å². The van der Waals surface area contributed by atoms with Crippen molar-refractivity contribution in [1.82, 2.24) is 4.90 Å². The van der Waals surface area contributed by atoms with Crippen LogP contribution in [0.5, 0.6) is 0 Å². The van der Waals surface area contributed by atoms with Crippen LogP contribution < -0.4 is 0 Å². The first kappa shape index (κ1) is 12.6. The van der Waals surface area contributed by atoms with Crippen LogP contribution in [0.1, 0.15) is 18.9 Å². The Morgan fingerprint density at radius 3 is 2.59 bits per heavy atom. The minimum absolute atomic E-state index is 0.827. The second-order valence-electron chi connectivity index (χ2n) is 5.19. The van der Waals surface area contributed by atoms with Gasteiger partial charge < -0.3 is 4.74 Å². The van der Waals surface area contributed by atoms with Crippen LogP contribution in [-0.2, 0) is 11.3 Å². The Balaban J connectivity index is 1.85. The Morgan fingerprint density at radius 2 is 2.00 bits per heavy atom. The van der Waals surface area contributed by atoms with Crippen LogP contribution in [0.25, 0.3) is 0 Å². The lowest BCUT2D eigenvalue weighted by atomic mass is 10.2. The molecule has 1 aliphatic rings. The summed E-state index contributed by atoms with van der Waals surface area (Å²) < 4.78 is 5.20. The van der Waals surface area contributed by atoms with Gasteiger partial charge in [-0.2, -0.15) is 0 Å². The highest BCUT2D eigenvalue weighted by molar-refractivity contribution is 5.14. The van der Waals surface area contributed by atoms with Crippen molar-refractivity contribution in [2.45, 2.75) is 19.9 Å². The van der Waals surface area contributed by atoms with Crippen LogP contribution in [0.15, 0.2) is 30.3 Å². The van der Waals surface area contributed by atoms with Crippen molar-refractivity contribution in [3.63, 3.8) is 0 Å². The lowest BCUT2D eigenvalue weighted by Gasteiger charge is -2.22. The molecule has 0 saturated heterocycles. The first-order valence-electron chi connectivity index (χ1n) is 6.55. The molecule has 0 unspecified atom stereocenters. The zero-order valence-corrected chi connectivity index (χ0v) is 10.9. The third-order valence-corrected chi connectivity index (χ3v) is 3.63. The summed E-state index contributed by atoms with van der Waals surface area (Å²) in [6.45, 7) is 6.48. The predicted octanol–water partition coefficient (Wildman–Crippen LogP) is 2.79. The maximum atomic E-state index is 5.20. The van der Waals surface area contributed by atoms with Crippen LogP contribution in [0.4, 0.5) is 0 Å². The molecule has 0 radical (unpaired) electrons. The van der Waals surface area contributed by atoms with Gasteiger partial charge in [-0.3, -0.25) is 4.90 Å². The summed E-state index contributed by atoms with van der Waals surface area (Å²) in [6.07, 6.45) is 1.40. The maximum Gasteiger partial charge on any atom is 0.0589 e. The topological polar surface area (TPSA) is 12.5 Å². The van der Waals surface area contributed by atoms with Crippen LogP contribution in [-0.4, -0.2) is 31.7 Å². The first-order valence-corrected chi connectivity index (χ1v) is 6.55. The Kier molecular flexibility index (Phi) is 4.57. The number of benzene rings is 1. The van der Waals surface area contributed by atoms with Gasteiger partial charge in [-0.05, 0) is 23.8 Å². The van der Waals surface area contributed by atoms with Crippen LogP contribution in [0, 0.1) is 11.8 Å². The molecule has 0 heterocycles. The summed E-state index contributed by atoms with van der Waals surface area (Å²) in [5.41, 5.74) is 1.40. The molecule has 2 nitrogen and oxygen atoms in total. The molecule has 17 heavy (non-hydrogen) atoms. The summed E-state index contributed by atoms with van der Waals surface area (Å²) in [5, 5.41) is 0. The molecule has 2 heteroatoms. The molecule has 0 amide bonds. The summed E-state index contributed by atoms with van der Waals surface area (Å²) >= 11 is 0. The molecular weight excluding hydrogens is 210 g/mol. The van der Waals surface area contributed by atoms with Gasteiger partial charge in [-0.1, -0.05) is 37.3 Å². The minimum Gasteiger partial charge on any atom is -0.383 e. The minimum atomic E-state index is 0.827. The predicted molar refractivity (Wildman–Crippen MR) is 70.9 cm³/mol. The van der Waals surface area contributed by atoms with E-state index >= 15 is 0 Å². The molecule has 1 aromatic rings. The standard InChI is InChI=1S/C15H23NO/c1-13-10-15(13)12-16(8-9-17-2)11-14-6-4-3-5-7-14/h3-7,13,15H,8-12H2,1-2H3/t13-,15+/m1/s1. The van der Waals surface area contributed by atoms with Gasteiger partial charge in [0.1, 0.15) is 0 Å². The molecule has 0 aromatic heterocycles. The van der Waals surface area contributed by atoms with Crippen molar-refractivity contribution in [2.24, 2.45) is 11.8 Å². The van der Waals surface area contributed by atoms with Crippen molar-refractivity contribution in [3.05, 3.63) is 35.9 Å². The van der Waals surface area contributed by atoms with Gasteiger partial charge >= 0.3 is 0 Å². The fourth-order valence-electron chi connectivity index (χ4n) is 2.28. The lowest BCUT2D eigenvalue weighted by Crippen LogP contribution is -2.29. The van der Waals surface area contributed by atoms with E-state index in [-0.39, 0.29) is 0 Å². The highest BCUT2D eigenvalue weighted by Crippen LogP contribution is 2.38. The fourth-order valence-corrected chi connectivity index (χ4v) is 2.28. The second-order valence-corrected chi connectivity index (χ2v) is 5.19. The lowest BCUT2D eigenvalue weighted by molar-refractivity contribution is 0.140. The van der Waals surface area contributed by atoms with Crippen molar-refractivity contribution in [2.75, 3.05) is 26.8 Å². The van der Waals surface area contributed by atoms with E-state index < -0.39 is 0 Å². The summed E-state index contributed by atoms with van der Waals surface area (Å²) in [7, 11) is 1.78. The summed E-state index contributed by atoms with van der Waals surface area (Å²) in [5.74, 6) is 1.84. The SMILES string of the molecule is COCCN(Cc1ccccc1)C[C@@H]1C[C@H]1C. The molecule has 0 spiro atoms. The molecule has 2 atom stereocenters. The maximum absolute atomic E-state index is 5.20. The van der Waals surface area contributed by atoms with E-state index in [0.717, 1.165) is 31.5 Å². The average molecular weight is 233 g/mol. The smallest absolute Gasteiger partial charge is 0.0589 e. The second kappa shape index (κ2) is 6.18. The number of ether oxygens (including phenoxy) is 1. The van der Waals surface area contributed by atoms with Crippen LogP contribution in [0.3, 0.4) is 0 Å². The number of rotatable bonds is 7. The van der Waals surface area contributed by atoms with E-state index in [2.05, 4.69) is 42.2 Å². The number of hydrogen-bond acceptors (Lipinski definition) is 2. The van der Waals surface area contributed by atoms with Crippen molar-refractivity contribution in [1.29, 1.82) is 0 Å². The van der Waals surface area contributed by atoms with Gasteiger partial charge in [0.15, 0.2) is 0 Å². The van der Waals surface area contributed by atoms with Gasteiger partial charge in [0.25, 0.3) is 0 Å². The molecule has 0 aliphatic heterocycles. The van der Waals surface area contributed by atoms with Gasteiger partial charge in [0.2, 0.25) is 0 Å². The van der Waals surface area contributed by atoms with Crippen LogP contribution in [0.2, 0.25) is 0 Å². The average Bonchev–Trinajstić information content (AvgIpc) is 3.03.